The molecule has 2 aromatic rings. The summed E-state index contributed by atoms with van der Waals surface area (Å²) >= 11 is 0. The Kier molecular flexibility index (Phi) is 5.74. The molecule has 1 amide bonds. The van der Waals surface area contributed by atoms with Crippen molar-refractivity contribution in [2.75, 3.05) is 7.11 Å². The van der Waals surface area contributed by atoms with Gasteiger partial charge in [-0.3, -0.25) is 9.63 Å². The lowest BCUT2D eigenvalue weighted by Crippen LogP contribution is -2.21. The van der Waals surface area contributed by atoms with Gasteiger partial charge in [0.15, 0.2) is 0 Å². The molecule has 2 rings (SSSR count). The fourth-order valence-electron chi connectivity index (χ4n) is 1.95. The molecule has 0 aromatic heterocycles. The number of rotatable bonds is 6. The van der Waals surface area contributed by atoms with Gasteiger partial charge in [-0.2, -0.15) is 0 Å². The van der Waals surface area contributed by atoms with Crippen LogP contribution in [0.2, 0.25) is 0 Å². The first-order valence-corrected chi connectivity index (χ1v) is 6.97. The van der Waals surface area contributed by atoms with Crippen LogP contribution in [-0.2, 0) is 16.2 Å². The van der Waals surface area contributed by atoms with Crippen LogP contribution in [0.25, 0.3) is 6.08 Å². The molecule has 0 aliphatic heterocycles. The summed E-state index contributed by atoms with van der Waals surface area (Å²) in [7, 11) is 1.60. The van der Waals surface area contributed by atoms with Gasteiger partial charge in [0.2, 0.25) is 0 Å². The van der Waals surface area contributed by atoms with E-state index in [4.69, 9.17) is 9.57 Å². The Bertz CT molecular complexity index is 651. The maximum atomic E-state index is 11.7. The number of aryl methyl sites for hydroxylation is 1. The van der Waals surface area contributed by atoms with Crippen molar-refractivity contribution in [2.45, 2.75) is 13.5 Å². The van der Waals surface area contributed by atoms with E-state index in [0.29, 0.717) is 6.61 Å². The quantitative estimate of drug-likeness (QED) is 0.657. The van der Waals surface area contributed by atoms with Gasteiger partial charge in [-0.1, -0.05) is 42.0 Å². The second-order valence-corrected chi connectivity index (χ2v) is 4.82. The first-order chi connectivity index (χ1) is 10.7. The molecule has 0 saturated carbocycles. The molecule has 0 radical (unpaired) electrons. The summed E-state index contributed by atoms with van der Waals surface area (Å²) in [5, 5.41) is 0. The predicted molar refractivity (Wildman–Crippen MR) is 86.1 cm³/mol. The van der Waals surface area contributed by atoms with Gasteiger partial charge >= 0.3 is 0 Å². The Hall–Kier alpha value is -2.59. The smallest absolute Gasteiger partial charge is 0.267 e. The molecule has 0 fully saturated rings. The number of hydrogen-bond donors (Lipinski definition) is 1. The minimum absolute atomic E-state index is 0.320. The topological polar surface area (TPSA) is 47.6 Å². The minimum atomic E-state index is -0.320. The van der Waals surface area contributed by atoms with Crippen molar-refractivity contribution in [3.63, 3.8) is 0 Å². The summed E-state index contributed by atoms with van der Waals surface area (Å²) in [6.07, 6.45) is 3.12. The van der Waals surface area contributed by atoms with E-state index in [1.807, 2.05) is 55.5 Å². The zero-order valence-corrected chi connectivity index (χ0v) is 12.7. The summed E-state index contributed by atoms with van der Waals surface area (Å²) in [6, 6.07) is 15.4. The Morgan fingerprint density at radius 1 is 1.18 bits per heavy atom. The lowest BCUT2D eigenvalue weighted by atomic mass is 10.1. The van der Waals surface area contributed by atoms with Crippen LogP contribution in [0, 0.1) is 6.92 Å². The van der Waals surface area contributed by atoms with Gasteiger partial charge in [0, 0.05) is 11.6 Å². The number of ether oxygens (including phenoxy) is 1. The molecule has 22 heavy (non-hydrogen) atoms. The van der Waals surface area contributed by atoms with Crippen LogP contribution >= 0.6 is 0 Å². The van der Waals surface area contributed by atoms with E-state index in [1.54, 1.807) is 13.2 Å². The third-order valence-corrected chi connectivity index (χ3v) is 3.05. The highest BCUT2D eigenvalue weighted by molar-refractivity contribution is 5.91. The number of amides is 1. The first kappa shape index (κ1) is 15.8. The molecule has 0 heterocycles. The molecule has 0 saturated heterocycles. The molecule has 2 aromatic carbocycles. The summed E-state index contributed by atoms with van der Waals surface area (Å²) in [5.41, 5.74) is 5.33. The number of carbonyl (C=O) groups excluding carboxylic acids is 1. The second-order valence-electron chi connectivity index (χ2n) is 4.82. The molecule has 0 aliphatic rings. The van der Waals surface area contributed by atoms with Gasteiger partial charge in [0.1, 0.15) is 5.75 Å². The summed E-state index contributed by atoms with van der Waals surface area (Å²) in [5.74, 6) is 0.402. The molecule has 1 N–H and O–H groups in total. The van der Waals surface area contributed by atoms with Gasteiger partial charge in [0.05, 0.1) is 13.7 Å². The molecule has 0 aliphatic carbocycles. The maximum Gasteiger partial charge on any atom is 0.267 e. The van der Waals surface area contributed by atoms with Crippen molar-refractivity contribution in [3.05, 3.63) is 71.3 Å². The number of hydrogen-bond acceptors (Lipinski definition) is 3. The molecular formula is C18H19NO3. The Labute approximate surface area is 130 Å². The van der Waals surface area contributed by atoms with E-state index in [9.17, 15) is 4.79 Å². The van der Waals surface area contributed by atoms with Gasteiger partial charge in [-0.25, -0.2) is 5.48 Å². The van der Waals surface area contributed by atoms with Crippen molar-refractivity contribution in [3.8, 4) is 5.75 Å². The van der Waals surface area contributed by atoms with Gasteiger partial charge < -0.3 is 4.74 Å². The second kappa shape index (κ2) is 8.00. The van der Waals surface area contributed by atoms with E-state index in [2.05, 4.69) is 5.48 Å². The van der Waals surface area contributed by atoms with Crippen LogP contribution in [0.1, 0.15) is 16.7 Å². The zero-order chi connectivity index (χ0) is 15.8. The highest BCUT2D eigenvalue weighted by Crippen LogP contribution is 2.20. The van der Waals surface area contributed by atoms with E-state index >= 15 is 0 Å². The number of carbonyl (C=O) groups is 1. The summed E-state index contributed by atoms with van der Waals surface area (Å²) in [4.78, 5) is 16.9. The molecule has 0 atom stereocenters. The Morgan fingerprint density at radius 3 is 2.68 bits per heavy atom. The third-order valence-electron chi connectivity index (χ3n) is 3.05. The van der Waals surface area contributed by atoms with E-state index in [-0.39, 0.29) is 5.91 Å². The van der Waals surface area contributed by atoms with Crippen molar-refractivity contribution in [2.24, 2.45) is 0 Å². The highest BCUT2D eigenvalue weighted by atomic mass is 16.6. The molecule has 114 valence electrons. The monoisotopic (exact) mass is 297 g/mol. The minimum Gasteiger partial charge on any atom is -0.496 e. The molecule has 4 nitrogen and oxygen atoms in total. The van der Waals surface area contributed by atoms with E-state index in [1.165, 1.54) is 6.08 Å². The first-order valence-electron chi connectivity index (χ1n) is 6.97. The largest absolute Gasteiger partial charge is 0.496 e. The highest BCUT2D eigenvalue weighted by Gasteiger charge is 2.01. The molecule has 0 unspecified atom stereocenters. The number of benzene rings is 2. The van der Waals surface area contributed by atoms with Crippen LogP contribution < -0.4 is 10.2 Å². The van der Waals surface area contributed by atoms with Crippen LogP contribution in [0.3, 0.4) is 0 Å². The number of hydroxylamine groups is 1. The SMILES string of the molecule is COc1ccc(C)cc1/C=C/C(=O)NOCc1ccccc1. The lowest BCUT2D eigenvalue weighted by Gasteiger charge is -2.06. The summed E-state index contributed by atoms with van der Waals surface area (Å²) < 4.78 is 5.26. The molecule has 0 bridgehead atoms. The molecular weight excluding hydrogens is 278 g/mol. The fourth-order valence-corrected chi connectivity index (χ4v) is 1.95. The fraction of sp³-hybridized carbons (Fsp3) is 0.167. The third kappa shape index (κ3) is 4.75. The average Bonchev–Trinajstić information content (AvgIpc) is 2.54. The average molecular weight is 297 g/mol. The van der Waals surface area contributed by atoms with Crippen molar-refractivity contribution < 1.29 is 14.4 Å². The van der Waals surface area contributed by atoms with Gasteiger partial charge in [-0.15, -0.1) is 0 Å². The Morgan fingerprint density at radius 2 is 1.95 bits per heavy atom. The Balaban J connectivity index is 1.87. The maximum absolute atomic E-state index is 11.7. The van der Waals surface area contributed by atoms with Crippen LogP contribution in [0.5, 0.6) is 5.75 Å². The van der Waals surface area contributed by atoms with Crippen LogP contribution in [-0.4, -0.2) is 13.0 Å². The number of nitrogens with one attached hydrogen (secondary N) is 1. The molecule has 0 spiro atoms. The van der Waals surface area contributed by atoms with Crippen molar-refractivity contribution >= 4 is 12.0 Å². The van der Waals surface area contributed by atoms with Crippen molar-refractivity contribution in [1.29, 1.82) is 0 Å². The zero-order valence-electron chi connectivity index (χ0n) is 12.7. The summed E-state index contributed by atoms with van der Waals surface area (Å²) in [6.45, 7) is 2.31. The number of methoxy groups -OCH3 is 1. The van der Waals surface area contributed by atoms with Gasteiger partial charge in [0.25, 0.3) is 5.91 Å². The standard InChI is InChI=1S/C18H19NO3/c1-14-8-10-17(21-2)16(12-14)9-11-18(20)19-22-13-15-6-4-3-5-7-15/h3-12H,13H2,1-2H3,(H,19,20)/b11-9+. The molecule has 4 heteroatoms. The normalized spacial score (nSPS) is 10.6. The van der Waals surface area contributed by atoms with Gasteiger partial charge in [-0.05, 0) is 30.7 Å². The van der Waals surface area contributed by atoms with E-state index < -0.39 is 0 Å². The van der Waals surface area contributed by atoms with Crippen LogP contribution in [0.4, 0.5) is 0 Å². The van der Waals surface area contributed by atoms with E-state index in [0.717, 1.165) is 22.4 Å². The van der Waals surface area contributed by atoms with Crippen LogP contribution in [0.15, 0.2) is 54.6 Å². The lowest BCUT2D eigenvalue weighted by molar-refractivity contribution is -0.129. The predicted octanol–water partition coefficient (Wildman–Crippen LogP) is 3.26. The van der Waals surface area contributed by atoms with Crippen molar-refractivity contribution in [1.82, 2.24) is 5.48 Å².